The Kier molecular flexibility index (Phi) is 4.39. The lowest BCUT2D eigenvalue weighted by Gasteiger charge is -2.33. The van der Waals surface area contributed by atoms with Gasteiger partial charge in [-0.2, -0.15) is 0 Å². The predicted molar refractivity (Wildman–Crippen MR) is 59.7 cm³/mol. The molecule has 3 N–H and O–H groups in total. The first-order valence-corrected chi connectivity index (χ1v) is 5.85. The first-order valence-electron chi connectivity index (χ1n) is 5.85. The standard InChI is InChI=1S/C11H22N2O2/c1-3-11(4-2,8-14)13-10(15)12-9-6-5-7-9/h9,14H,3-8H2,1-2H3,(H2,12,13,15). The number of rotatable bonds is 5. The van der Waals surface area contributed by atoms with Gasteiger partial charge in [0.05, 0.1) is 12.1 Å². The van der Waals surface area contributed by atoms with Crippen LogP contribution in [0.5, 0.6) is 0 Å². The number of carbonyl (C=O) groups excluding carboxylic acids is 1. The van der Waals surface area contributed by atoms with Gasteiger partial charge in [0.25, 0.3) is 0 Å². The molecular formula is C11H22N2O2. The van der Waals surface area contributed by atoms with Crippen molar-refractivity contribution in [1.82, 2.24) is 10.6 Å². The lowest BCUT2D eigenvalue weighted by molar-refractivity contribution is 0.149. The van der Waals surface area contributed by atoms with Crippen molar-refractivity contribution in [2.45, 2.75) is 57.5 Å². The zero-order valence-corrected chi connectivity index (χ0v) is 9.68. The van der Waals surface area contributed by atoms with Crippen LogP contribution < -0.4 is 10.6 Å². The topological polar surface area (TPSA) is 61.4 Å². The molecule has 0 heterocycles. The summed E-state index contributed by atoms with van der Waals surface area (Å²) in [5.41, 5.74) is -0.451. The summed E-state index contributed by atoms with van der Waals surface area (Å²) in [6.07, 6.45) is 4.86. The number of carbonyl (C=O) groups is 1. The molecule has 0 spiro atoms. The normalized spacial score (nSPS) is 17.0. The number of hydrogen-bond acceptors (Lipinski definition) is 2. The van der Waals surface area contributed by atoms with Gasteiger partial charge < -0.3 is 15.7 Å². The Morgan fingerprint density at radius 1 is 1.40 bits per heavy atom. The summed E-state index contributed by atoms with van der Waals surface area (Å²) in [4.78, 5) is 11.6. The molecule has 1 rings (SSSR count). The minimum Gasteiger partial charge on any atom is -0.394 e. The third-order valence-corrected chi connectivity index (χ3v) is 3.48. The van der Waals surface area contributed by atoms with Crippen LogP contribution in [0, 0.1) is 0 Å². The minimum absolute atomic E-state index is 0.00190. The van der Waals surface area contributed by atoms with Gasteiger partial charge in [-0.1, -0.05) is 13.8 Å². The number of nitrogens with one attached hydrogen (secondary N) is 2. The largest absolute Gasteiger partial charge is 0.394 e. The lowest BCUT2D eigenvalue weighted by atomic mass is 9.92. The van der Waals surface area contributed by atoms with Crippen LogP contribution in [0.25, 0.3) is 0 Å². The van der Waals surface area contributed by atoms with E-state index in [1.54, 1.807) is 0 Å². The molecule has 4 heteroatoms. The second-order valence-electron chi connectivity index (χ2n) is 4.37. The molecule has 1 fully saturated rings. The van der Waals surface area contributed by atoms with E-state index in [0.717, 1.165) is 25.7 Å². The molecule has 88 valence electrons. The van der Waals surface area contributed by atoms with Gasteiger partial charge in [0, 0.05) is 6.04 Å². The third-order valence-electron chi connectivity index (χ3n) is 3.48. The van der Waals surface area contributed by atoms with Crippen molar-refractivity contribution in [3.05, 3.63) is 0 Å². The molecule has 0 aromatic heterocycles. The monoisotopic (exact) mass is 214 g/mol. The highest BCUT2D eigenvalue weighted by atomic mass is 16.3. The Morgan fingerprint density at radius 2 is 2.00 bits per heavy atom. The van der Waals surface area contributed by atoms with E-state index < -0.39 is 5.54 Å². The summed E-state index contributed by atoms with van der Waals surface area (Å²) in [6, 6.07) is 0.201. The summed E-state index contributed by atoms with van der Waals surface area (Å²) in [7, 11) is 0. The molecule has 0 bridgehead atoms. The van der Waals surface area contributed by atoms with Crippen LogP contribution in [0.4, 0.5) is 4.79 Å². The van der Waals surface area contributed by atoms with Gasteiger partial charge in [-0.25, -0.2) is 4.79 Å². The van der Waals surface area contributed by atoms with Gasteiger partial charge in [0.15, 0.2) is 0 Å². The molecule has 1 aliphatic rings. The van der Waals surface area contributed by atoms with Crippen molar-refractivity contribution in [3.63, 3.8) is 0 Å². The van der Waals surface area contributed by atoms with Crippen molar-refractivity contribution in [3.8, 4) is 0 Å². The second kappa shape index (κ2) is 5.35. The fraction of sp³-hybridized carbons (Fsp3) is 0.909. The van der Waals surface area contributed by atoms with Gasteiger partial charge in [-0.05, 0) is 32.1 Å². The Bertz CT molecular complexity index is 202. The van der Waals surface area contributed by atoms with Crippen molar-refractivity contribution < 1.29 is 9.90 Å². The van der Waals surface area contributed by atoms with Crippen LogP contribution in [0.1, 0.15) is 46.0 Å². The number of amides is 2. The molecule has 1 aliphatic carbocycles. The molecule has 0 aromatic carbocycles. The summed E-state index contributed by atoms with van der Waals surface area (Å²) >= 11 is 0. The highest BCUT2D eigenvalue weighted by molar-refractivity contribution is 5.75. The van der Waals surface area contributed by atoms with Crippen molar-refractivity contribution >= 4 is 6.03 Å². The van der Waals surface area contributed by atoms with E-state index >= 15 is 0 Å². The molecular weight excluding hydrogens is 192 g/mol. The van der Waals surface area contributed by atoms with E-state index in [-0.39, 0.29) is 12.6 Å². The average molecular weight is 214 g/mol. The SMILES string of the molecule is CCC(CC)(CO)NC(=O)NC1CCC1. The van der Waals surface area contributed by atoms with Crippen LogP contribution in [0.15, 0.2) is 0 Å². The van der Waals surface area contributed by atoms with E-state index in [0.29, 0.717) is 6.04 Å². The van der Waals surface area contributed by atoms with Gasteiger partial charge in [0.2, 0.25) is 0 Å². The molecule has 0 saturated heterocycles. The molecule has 0 aromatic rings. The maximum atomic E-state index is 11.6. The molecule has 2 amide bonds. The molecule has 15 heavy (non-hydrogen) atoms. The first kappa shape index (κ1) is 12.3. The van der Waals surface area contributed by atoms with Gasteiger partial charge in [-0.3, -0.25) is 0 Å². The number of hydrogen-bond donors (Lipinski definition) is 3. The fourth-order valence-corrected chi connectivity index (χ4v) is 1.70. The molecule has 0 unspecified atom stereocenters. The van der Waals surface area contributed by atoms with E-state index in [2.05, 4.69) is 10.6 Å². The Morgan fingerprint density at radius 3 is 2.33 bits per heavy atom. The zero-order chi connectivity index (χ0) is 11.3. The van der Waals surface area contributed by atoms with Crippen LogP contribution in [0.3, 0.4) is 0 Å². The van der Waals surface area contributed by atoms with Crippen molar-refractivity contribution in [2.75, 3.05) is 6.61 Å². The van der Waals surface area contributed by atoms with Crippen molar-refractivity contribution in [2.24, 2.45) is 0 Å². The zero-order valence-electron chi connectivity index (χ0n) is 9.68. The third kappa shape index (κ3) is 3.09. The van der Waals surface area contributed by atoms with Gasteiger partial charge in [-0.15, -0.1) is 0 Å². The number of urea groups is 1. The summed E-state index contributed by atoms with van der Waals surface area (Å²) in [6.45, 7) is 3.95. The Balaban J connectivity index is 2.38. The summed E-state index contributed by atoms with van der Waals surface area (Å²) in [5.74, 6) is 0. The summed E-state index contributed by atoms with van der Waals surface area (Å²) < 4.78 is 0. The Labute approximate surface area is 91.4 Å². The van der Waals surface area contributed by atoms with Gasteiger partial charge in [0.1, 0.15) is 0 Å². The van der Waals surface area contributed by atoms with E-state index in [4.69, 9.17) is 0 Å². The smallest absolute Gasteiger partial charge is 0.315 e. The van der Waals surface area contributed by atoms with E-state index in [1.807, 2.05) is 13.8 Å². The Hall–Kier alpha value is -0.770. The van der Waals surface area contributed by atoms with Crippen LogP contribution in [-0.4, -0.2) is 29.3 Å². The van der Waals surface area contributed by atoms with Crippen LogP contribution in [-0.2, 0) is 0 Å². The second-order valence-corrected chi connectivity index (χ2v) is 4.37. The quantitative estimate of drug-likeness (QED) is 0.647. The molecule has 0 aliphatic heterocycles. The average Bonchev–Trinajstić information content (AvgIpc) is 2.20. The molecule has 0 radical (unpaired) electrons. The number of aliphatic hydroxyl groups is 1. The number of aliphatic hydroxyl groups excluding tert-OH is 1. The highest BCUT2D eigenvalue weighted by Gasteiger charge is 2.28. The first-order chi connectivity index (χ1) is 7.15. The van der Waals surface area contributed by atoms with Crippen LogP contribution in [0.2, 0.25) is 0 Å². The summed E-state index contributed by atoms with van der Waals surface area (Å²) in [5, 5.41) is 15.1. The van der Waals surface area contributed by atoms with E-state index in [1.165, 1.54) is 6.42 Å². The van der Waals surface area contributed by atoms with Gasteiger partial charge >= 0.3 is 6.03 Å². The fourth-order valence-electron chi connectivity index (χ4n) is 1.70. The van der Waals surface area contributed by atoms with Crippen molar-refractivity contribution in [1.29, 1.82) is 0 Å². The minimum atomic E-state index is -0.451. The highest BCUT2D eigenvalue weighted by Crippen LogP contribution is 2.18. The predicted octanol–water partition coefficient (Wildman–Crippen LogP) is 1.39. The van der Waals surface area contributed by atoms with E-state index in [9.17, 15) is 9.90 Å². The molecule has 0 atom stereocenters. The lowest BCUT2D eigenvalue weighted by Crippen LogP contribution is -2.56. The molecule has 4 nitrogen and oxygen atoms in total. The maximum Gasteiger partial charge on any atom is 0.315 e. The maximum absolute atomic E-state index is 11.6. The molecule has 1 saturated carbocycles. The van der Waals surface area contributed by atoms with Crippen LogP contribution >= 0.6 is 0 Å².